The first kappa shape index (κ1) is 13.6. The summed E-state index contributed by atoms with van der Waals surface area (Å²) in [6, 6.07) is 2.25. The molecule has 0 bridgehead atoms. The van der Waals surface area contributed by atoms with Gasteiger partial charge in [-0.15, -0.1) is 0 Å². The number of hydrogen-bond donors (Lipinski definition) is 0. The van der Waals surface area contributed by atoms with Gasteiger partial charge in [-0.2, -0.15) is 0 Å². The molecule has 0 aliphatic heterocycles. The van der Waals surface area contributed by atoms with Crippen molar-refractivity contribution in [3.63, 3.8) is 0 Å². The Labute approximate surface area is 113 Å². The van der Waals surface area contributed by atoms with Gasteiger partial charge in [0, 0.05) is 25.8 Å². The maximum Gasteiger partial charge on any atom is 0.158 e. The number of rotatable bonds is 6. The summed E-state index contributed by atoms with van der Waals surface area (Å²) in [4.78, 5) is 11.0. The lowest BCUT2D eigenvalue weighted by molar-refractivity contribution is 0.178. The van der Waals surface area contributed by atoms with Crippen LogP contribution in [0.25, 0.3) is 0 Å². The minimum Gasteiger partial charge on any atom is -0.377 e. The van der Waals surface area contributed by atoms with Crippen LogP contribution in [0.3, 0.4) is 0 Å². The van der Waals surface area contributed by atoms with E-state index in [1.165, 1.54) is 12.8 Å². The van der Waals surface area contributed by atoms with E-state index in [0.29, 0.717) is 23.6 Å². The number of anilines is 1. The fourth-order valence-electron chi connectivity index (χ4n) is 1.94. The summed E-state index contributed by atoms with van der Waals surface area (Å²) < 4.78 is 5.07. The molecule has 2 rings (SSSR count). The Morgan fingerprint density at radius 3 is 2.72 bits per heavy atom. The molecule has 18 heavy (non-hydrogen) atoms. The molecule has 1 aliphatic carbocycles. The average Bonchev–Trinajstić information content (AvgIpc) is 3.08. The van der Waals surface area contributed by atoms with Crippen molar-refractivity contribution in [2.24, 2.45) is 5.92 Å². The highest BCUT2D eigenvalue weighted by Gasteiger charge is 2.26. The molecule has 0 saturated heterocycles. The Hall–Kier alpha value is -0.870. The first-order valence-corrected chi connectivity index (χ1v) is 6.77. The second kappa shape index (κ2) is 5.85. The minimum atomic E-state index is 0.392. The van der Waals surface area contributed by atoms with Gasteiger partial charge >= 0.3 is 0 Å². The van der Waals surface area contributed by atoms with Gasteiger partial charge in [0.2, 0.25) is 0 Å². The number of halogens is 1. The lowest BCUT2D eigenvalue weighted by Crippen LogP contribution is -2.33. The van der Waals surface area contributed by atoms with Crippen molar-refractivity contribution in [1.29, 1.82) is 0 Å². The molecule has 1 aromatic rings. The van der Waals surface area contributed by atoms with Crippen molar-refractivity contribution >= 4 is 17.4 Å². The van der Waals surface area contributed by atoms with E-state index in [0.717, 1.165) is 18.3 Å². The summed E-state index contributed by atoms with van der Waals surface area (Å²) in [6.07, 6.45) is 2.65. The second-order valence-electron chi connectivity index (χ2n) is 5.09. The number of methoxy groups -OCH3 is 1. The van der Waals surface area contributed by atoms with Crippen LogP contribution >= 0.6 is 11.6 Å². The molecule has 0 spiro atoms. The fraction of sp³-hybridized carbons (Fsp3) is 0.692. The maximum absolute atomic E-state index is 6.05. The lowest BCUT2D eigenvalue weighted by atomic mass is 10.2. The molecule has 1 saturated carbocycles. The van der Waals surface area contributed by atoms with Gasteiger partial charge < -0.3 is 9.64 Å². The molecule has 0 unspecified atom stereocenters. The van der Waals surface area contributed by atoms with E-state index < -0.39 is 0 Å². The van der Waals surface area contributed by atoms with Crippen LogP contribution in [0, 0.1) is 5.92 Å². The number of nitrogens with zero attached hydrogens (tertiary/aromatic N) is 3. The predicted molar refractivity (Wildman–Crippen MR) is 73.0 cm³/mol. The zero-order valence-electron chi connectivity index (χ0n) is 11.2. The normalized spacial score (nSPS) is 15.2. The van der Waals surface area contributed by atoms with Crippen LogP contribution in [0.5, 0.6) is 0 Å². The first-order chi connectivity index (χ1) is 8.60. The zero-order chi connectivity index (χ0) is 13.1. The van der Waals surface area contributed by atoms with Crippen molar-refractivity contribution in [3.05, 3.63) is 17.0 Å². The van der Waals surface area contributed by atoms with Gasteiger partial charge in [-0.25, -0.2) is 9.97 Å². The van der Waals surface area contributed by atoms with Gasteiger partial charge in [-0.05, 0) is 32.6 Å². The topological polar surface area (TPSA) is 38.2 Å². The molecule has 5 heteroatoms. The Morgan fingerprint density at radius 1 is 1.44 bits per heavy atom. The molecule has 100 valence electrons. The summed E-state index contributed by atoms with van der Waals surface area (Å²) in [7, 11) is 1.63. The highest BCUT2D eigenvalue weighted by Crippen LogP contribution is 2.32. The molecule has 0 N–H and O–H groups in total. The molecule has 0 aromatic carbocycles. The van der Waals surface area contributed by atoms with E-state index >= 15 is 0 Å². The summed E-state index contributed by atoms with van der Waals surface area (Å²) >= 11 is 6.05. The number of ether oxygens (including phenoxy) is 1. The van der Waals surface area contributed by atoms with E-state index in [1.54, 1.807) is 7.11 Å². The minimum absolute atomic E-state index is 0.392. The van der Waals surface area contributed by atoms with Gasteiger partial charge in [-0.1, -0.05) is 11.6 Å². The van der Waals surface area contributed by atoms with Crippen LogP contribution in [0.4, 0.5) is 5.82 Å². The van der Waals surface area contributed by atoms with Crippen LogP contribution < -0.4 is 4.90 Å². The van der Waals surface area contributed by atoms with Crippen LogP contribution in [0.15, 0.2) is 6.07 Å². The summed E-state index contributed by atoms with van der Waals surface area (Å²) in [5.41, 5.74) is 0. The summed E-state index contributed by atoms with van der Waals surface area (Å²) in [5.74, 6) is 2.36. The van der Waals surface area contributed by atoms with Crippen molar-refractivity contribution in [1.82, 2.24) is 9.97 Å². The summed E-state index contributed by atoms with van der Waals surface area (Å²) in [5, 5.41) is 0.480. The predicted octanol–water partition coefficient (Wildman–Crippen LogP) is 2.90. The number of hydrogen-bond acceptors (Lipinski definition) is 4. The van der Waals surface area contributed by atoms with Crippen LogP contribution in [0.1, 0.15) is 32.5 Å². The third-order valence-electron chi connectivity index (χ3n) is 3.07. The Kier molecular flexibility index (Phi) is 4.40. The molecule has 0 amide bonds. The second-order valence-corrected chi connectivity index (χ2v) is 5.47. The van der Waals surface area contributed by atoms with E-state index in [1.807, 2.05) is 6.07 Å². The highest BCUT2D eigenvalue weighted by molar-refractivity contribution is 6.29. The molecule has 1 heterocycles. The van der Waals surface area contributed by atoms with E-state index in [9.17, 15) is 0 Å². The lowest BCUT2D eigenvalue weighted by Gasteiger charge is -2.28. The van der Waals surface area contributed by atoms with Crippen molar-refractivity contribution < 1.29 is 4.74 Å². The summed E-state index contributed by atoms with van der Waals surface area (Å²) in [6.45, 7) is 5.79. The largest absolute Gasteiger partial charge is 0.377 e. The average molecular weight is 270 g/mol. The third-order valence-corrected chi connectivity index (χ3v) is 3.26. The van der Waals surface area contributed by atoms with Crippen molar-refractivity contribution in [2.45, 2.75) is 39.3 Å². The standard InChI is InChI=1S/C13H20ClN3O/c1-9(2)17(7-10-4-5-10)13-6-11(14)15-12(16-13)8-18-3/h6,9-10H,4-5,7-8H2,1-3H3. The molecule has 0 atom stereocenters. The molecule has 1 fully saturated rings. The van der Waals surface area contributed by atoms with E-state index in [4.69, 9.17) is 16.3 Å². The first-order valence-electron chi connectivity index (χ1n) is 6.39. The molecule has 0 radical (unpaired) electrons. The Bertz CT molecular complexity index is 407. The van der Waals surface area contributed by atoms with E-state index in [-0.39, 0.29) is 0 Å². The molecule has 1 aromatic heterocycles. The van der Waals surface area contributed by atoms with Crippen LogP contribution in [0.2, 0.25) is 5.15 Å². The number of aromatic nitrogens is 2. The van der Waals surface area contributed by atoms with Gasteiger partial charge in [0.15, 0.2) is 5.82 Å². The van der Waals surface area contributed by atoms with Crippen molar-refractivity contribution in [2.75, 3.05) is 18.6 Å². The zero-order valence-corrected chi connectivity index (χ0v) is 11.9. The maximum atomic E-state index is 6.05. The highest BCUT2D eigenvalue weighted by atomic mass is 35.5. The van der Waals surface area contributed by atoms with Gasteiger partial charge in [-0.3, -0.25) is 0 Å². The third kappa shape index (κ3) is 3.56. The van der Waals surface area contributed by atoms with E-state index in [2.05, 4.69) is 28.7 Å². The quantitative estimate of drug-likeness (QED) is 0.745. The molecule has 1 aliphatic rings. The Morgan fingerprint density at radius 2 is 2.17 bits per heavy atom. The van der Waals surface area contributed by atoms with Crippen molar-refractivity contribution in [3.8, 4) is 0 Å². The van der Waals surface area contributed by atoms with Crippen LogP contribution in [-0.4, -0.2) is 29.7 Å². The SMILES string of the molecule is COCc1nc(Cl)cc(N(CC2CC2)C(C)C)n1. The monoisotopic (exact) mass is 269 g/mol. The van der Waals surface area contributed by atoms with Gasteiger partial charge in [0.25, 0.3) is 0 Å². The van der Waals surface area contributed by atoms with Crippen LogP contribution in [-0.2, 0) is 11.3 Å². The van der Waals surface area contributed by atoms with Gasteiger partial charge in [0.1, 0.15) is 17.6 Å². The molecular weight excluding hydrogens is 250 g/mol. The molecule has 4 nitrogen and oxygen atoms in total. The fourth-order valence-corrected chi connectivity index (χ4v) is 2.14. The van der Waals surface area contributed by atoms with Gasteiger partial charge in [0.05, 0.1) is 0 Å². The molecular formula is C13H20ClN3O. The smallest absolute Gasteiger partial charge is 0.158 e. The Balaban J connectivity index is 2.21.